The Labute approximate surface area is 158 Å². The number of carbonyl (C=O) groups excluding carboxylic acids is 2. The molecule has 128 valence electrons. The fourth-order valence-electron chi connectivity index (χ4n) is 2.19. The number of carbonyl (C=O) groups is 2. The van der Waals surface area contributed by atoms with Gasteiger partial charge in [0.15, 0.2) is 6.61 Å². The minimum absolute atomic E-state index is 0.231. The number of benzene rings is 2. The summed E-state index contributed by atoms with van der Waals surface area (Å²) in [6, 6.07) is 14.4. The Morgan fingerprint density at radius 1 is 1.08 bits per heavy atom. The first-order valence-electron chi connectivity index (χ1n) is 7.39. The van der Waals surface area contributed by atoms with E-state index in [-0.39, 0.29) is 13.2 Å². The van der Waals surface area contributed by atoms with Crippen molar-refractivity contribution < 1.29 is 14.3 Å². The number of hydrogen-bond acceptors (Lipinski definition) is 4. The molecule has 0 aliphatic carbocycles. The van der Waals surface area contributed by atoms with Gasteiger partial charge in [0.05, 0.1) is 0 Å². The topological polar surface area (TPSA) is 55.4 Å². The lowest BCUT2D eigenvalue weighted by Gasteiger charge is -2.07. The summed E-state index contributed by atoms with van der Waals surface area (Å²) in [6.07, 6.45) is 0. The van der Waals surface area contributed by atoms with E-state index < -0.39 is 11.9 Å². The van der Waals surface area contributed by atoms with Crippen molar-refractivity contribution in [1.82, 2.24) is 5.32 Å². The Morgan fingerprint density at radius 3 is 2.64 bits per heavy atom. The van der Waals surface area contributed by atoms with Gasteiger partial charge in [0.1, 0.15) is 4.88 Å². The van der Waals surface area contributed by atoms with Crippen LogP contribution in [0.15, 0.2) is 48.5 Å². The number of fused-ring (bicyclic) bond motifs is 1. The molecule has 0 saturated heterocycles. The lowest BCUT2D eigenvalue weighted by atomic mass is 10.2. The second-order valence-electron chi connectivity index (χ2n) is 5.24. The summed E-state index contributed by atoms with van der Waals surface area (Å²) in [6.45, 7) is -0.117. The van der Waals surface area contributed by atoms with E-state index >= 15 is 0 Å². The summed E-state index contributed by atoms with van der Waals surface area (Å²) in [5, 5.41) is 4.62. The maximum Gasteiger partial charge on any atom is 0.348 e. The van der Waals surface area contributed by atoms with Crippen LogP contribution in [0, 0.1) is 0 Å². The molecular weight excluding hydrogens is 381 g/mol. The molecule has 1 N–H and O–H groups in total. The van der Waals surface area contributed by atoms with Gasteiger partial charge in [-0.2, -0.15) is 0 Å². The quantitative estimate of drug-likeness (QED) is 0.640. The largest absolute Gasteiger partial charge is 0.451 e. The minimum Gasteiger partial charge on any atom is -0.451 e. The van der Waals surface area contributed by atoms with E-state index in [0.29, 0.717) is 14.9 Å². The number of nitrogens with one attached hydrogen (secondary N) is 1. The summed E-state index contributed by atoms with van der Waals surface area (Å²) >= 11 is 13.2. The molecule has 4 nitrogen and oxygen atoms in total. The van der Waals surface area contributed by atoms with Crippen molar-refractivity contribution in [1.29, 1.82) is 0 Å². The molecule has 0 fully saturated rings. The van der Waals surface area contributed by atoms with Crippen molar-refractivity contribution in [2.24, 2.45) is 0 Å². The third-order valence-corrected chi connectivity index (χ3v) is 5.14. The molecule has 0 saturated carbocycles. The van der Waals surface area contributed by atoms with Gasteiger partial charge in [-0.3, -0.25) is 4.79 Å². The smallest absolute Gasteiger partial charge is 0.348 e. The highest BCUT2D eigenvalue weighted by Crippen LogP contribution is 2.25. The summed E-state index contributed by atoms with van der Waals surface area (Å²) in [4.78, 5) is 24.4. The first-order chi connectivity index (χ1) is 12.0. The molecule has 0 radical (unpaired) electrons. The third-order valence-electron chi connectivity index (χ3n) is 3.45. The molecule has 7 heteroatoms. The van der Waals surface area contributed by atoms with Gasteiger partial charge in [-0.05, 0) is 35.2 Å². The number of hydrogen-bond donors (Lipinski definition) is 1. The lowest BCUT2D eigenvalue weighted by Crippen LogP contribution is -2.28. The average Bonchev–Trinajstić information content (AvgIpc) is 3.03. The molecule has 0 atom stereocenters. The molecule has 0 spiro atoms. The Hall–Kier alpha value is -2.08. The standard InChI is InChI=1S/C18H13Cl2NO3S/c19-13-6-5-12(14(20)8-13)9-21-17(22)10-24-18(23)16-7-11-3-1-2-4-15(11)25-16/h1-8H,9-10H2,(H,21,22). The van der Waals surface area contributed by atoms with E-state index in [1.165, 1.54) is 11.3 Å². The molecule has 0 aliphatic rings. The van der Waals surface area contributed by atoms with Crippen LogP contribution in [0.4, 0.5) is 0 Å². The van der Waals surface area contributed by atoms with Crippen molar-refractivity contribution >= 4 is 56.5 Å². The summed E-state index contributed by atoms with van der Waals surface area (Å²) < 4.78 is 6.06. The van der Waals surface area contributed by atoms with Gasteiger partial charge in [0.2, 0.25) is 0 Å². The Bertz CT molecular complexity index is 906. The van der Waals surface area contributed by atoms with Gasteiger partial charge >= 0.3 is 5.97 Å². The number of esters is 1. The molecule has 0 unspecified atom stereocenters. The highest BCUT2D eigenvalue weighted by molar-refractivity contribution is 7.20. The molecule has 0 aliphatic heterocycles. The zero-order valence-electron chi connectivity index (χ0n) is 12.9. The monoisotopic (exact) mass is 393 g/mol. The normalized spacial score (nSPS) is 10.6. The molecule has 3 aromatic rings. The predicted octanol–water partition coefficient (Wildman–Crippen LogP) is 4.68. The fraction of sp³-hybridized carbons (Fsp3) is 0.111. The number of rotatable bonds is 5. The van der Waals surface area contributed by atoms with Crippen LogP contribution in [0.25, 0.3) is 10.1 Å². The van der Waals surface area contributed by atoms with E-state index in [1.54, 1.807) is 24.3 Å². The molecular formula is C18H13Cl2NO3S. The number of halogens is 2. The van der Waals surface area contributed by atoms with Crippen LogP contribution in [0.5, 0.6) is 0 Å². The minimum atomic E-state index is -0.513. The van der Waals surface area contributed by atoms with Gasteiger partial charge in [0, 0.05) is 21.3 Å². The van der Waals surface area contributed by atoms with Crippen LogP contribution in [0.2, 0.25) is 10.0 Å². The van der Waals surface area contributed by atoms with Gasteiger partial charge in [-0.25, -0.2) is 4.79 Å². The second-order valence-corrected chi connectivity index (χ2v) is 7.16. The molecule has 3 rings (SSSR count). The predicted molar refractivity (Wildman–Crippen MR) is 100 cm³/mol. The van der Waals surface area contributed by atoms with Crippen molar-refractivity contribution in [3.63, 3.8) is 0 Å². The maximum atomic E-state index is 12.1. The van der Waals surface area contributed by atoms with Crippen LogP contribution < -0.4 is 5.32 Å². The molecule has 25 heavy (non-hydrogen) atoms. The van der Waals surface area contributed by atoms with Crippen LogP contribution >= 0.6 is 34.5 Å². The molecule has 0 bridgehead atoms. The van der Waals surface area contributed by atoms with E-state index in [1.807, 2.05) is 24.3 Å². The summed E-state index contributed by atoms with van der Waals surface area (Å²) in [5.74, 6) is -0.915. The van der Waals surface area contributed by atoms with Gasteiger partial charge in [-0.15, -0.1) is 11.3 Å². The van der Waals surface area contributed by atoms with Crippen molar-refractivity contribution in [3.8, 4) is 0 Å². The van der Waals surface area contributed by atoms with Crippen LogP contribution in [-0.4, -0.2) is 18.5 Å². The van der Waals surface area contributed by atoms with E-state index in [2.05, 4.69) is 5.32 Å². The van der Waals surface area contributed by atoms with Gasteiger partial charge < -0.3 is 10.1 Å². The van der Waals surface area contributed by atoms with Crippen molar-refractivity contribution in [3.05, 3.63) is 69.0 Å². The highest BCUT2D eigenvalue weighted by Gasteiger charge is 2.13. The first-order valence-corrected chi connectivity index (χ1v) is 8.96. The third kappa shape index (κ3) is 4.51. The van der Waals surface area contributed by atoms with Gasteiger partial charge in [-0.1, -0.05) is 47.5 Å². The van der Waals surface area contributed by atoms with Crippen molar-refractivity contribution in [2.75, 3.05) is 6.61 Å². The summed E-state index contributed by atoms with van der Waals surface area (Å²) in [7, 11) is 0. The van der Waals surface area contributed by atoms with Crippen LogP contribution in [-0.2, 0) is 16.1 Å². The Balaban J connectivity index is 1.52. The number of amides is 1. The van der Waals surface area contributed by atoms with Crippen LogP contribution in [0.3, 0.4) is 0 Å². The lowest BCUT2D eigenvalue weighted by molar-refractivity contribution is -0.124. The van der Waals surface area contributed by atoms with Crippen LogP contribution in [0.1, 0.15) is 15.2 Å². The van der Waals surface area contributed by atoms with Gasteiger partial charge in [0.25, 0.3) is 5.91 Å². The average molecular weight is 394 g/mol. The Morgan fingerprint density at radius 2 is 1.88 bits per heavy atom. The van der Waals surface area contributed by atoms with E-state index in [9.17, 15) is 9.59 Å². The van der Waals surface area contributed by atoms with E-state index in [0.717, 1.165) is 15.6 Å². The molecule has 1 amide bonds. The maximum absolute atomic E-state index is 12.1. The highest BCUT2D eigenvalue weighted by atomic mass is 35.5. The zero-order valence-corrected chi connectivity index (χ0v) is 15.3. The number of ether oxygens (including phenoxy) is 1. The molecule has 1 aromatic heterocycles. The Kier molecular flexibility index (Phi) is 5.58. The van der Waals surface area contributed by atoms with Crippen molar-refractivity contribution in [2.45, 2.75) is 6.54 Å². The fourth-order valence-corrected chi connectivity index (χ4v) is 3.63. The molecule has 2 aromatic carbocycles. The SMILES string of the molecule is O=C(COC(=O)c1cc2ccccc2s1)NCc1ccc(Cl)cc1Cl. The molecule has 1 heterocycles. The second kappa shape index (κ2) is 7.87. The van der Waals surface area contributed by atoms with E-state index in [4.69, 9.17) is 27.9 Å². The number of thiophene rings is 1. The zero-order chi connectivity index (χ0) is 17.8. The summed E-state index contributed by atoms with van der Waals surface area (Å²) in [5.41, 5.74) is 0.732. The first kappa shape index (κ1) is 17.7.